The van der Waals surface area contributed by atoms with Crippen molar-refractivity contribution >= 4 is 23.2 Å². The lowest BCUT2D eigenvalue weighted by Gasteiger charge is -2.35. The van der Waals surface area contributed by atoms with E-state index in [1.54, 1.807) is 0 Å². The molecule has 0 bridgehead atoms. The third-order valence-corrected chi connectivity index (χ3v) is 7.64. The molecule has 0 spiro atoms. The summed E-state index contributed by atoms with van der Waals surface area (Å²) in [5, 5.41) is 19.3. The third-order valence-electron chi connectivity index (χ3n) is 6.92. The molecule has 0 aromatic carbocycles. The number of unbranched alkanes of at least 4 members (excludes halogenated alkanes) is 7. The van der Waals surface area contributed by atoms with E-state index in [0.29, 0.717) is 24.8 Å². The van der Waals surface area contributed by atoms with Crippen LogP contribution in [0, 0.1) is 0 Å². The lowest BCUT2D eigenvalue weighted by atomic mass is 10.1. The second kappa shape index (κ2) is 17.7. The fraction of sp³-hybridized carbons (Fsp3) is 1.00. The van der Waals surface area contributed by atoms with Crippen molar-refractivity contribution in [3.63, 3.8) is 0 Å². The highest BCUT2D eigenvalue weighted by molar-refractivity contribution is 6.18. The quantitative estimate of drug-likeness (QED) is 0.239. The fourth-order valence-corrected chi connectivity index (χ4v) is 5.01. The van der Waals surface area contributed by atoms with Crippen LogP contribution in [0.1, 0.15) is 51.4 Å². The molecule has 2 aliphatic rings. The Kier molecular flexibility index (Phi) is 15.8. The third kappa shape index (κ3) is 12.7. The van der Waals surface area contributed by atoms with Gasteiger partial charge in [-0.05, 0) is 25.9 Å². The van der Waals surface area contributed by atoms with Crippen molar-refractivity contribution in [3.05, 3.63) is 0 Å². The molecule has 8 heteroatoms. The maximum absolute atomic E-state index is 9.67. The summed E-state index contributed by atoms with van der Waals surface area (Å²) in [6, 6.07) is 0. The molecule has 2 atom stereocenters. The highest BCUT2D eigenvalue weighted by Gasteiger charge is 2.19. The second-order valence-corrected chi connectivity index (χ2v) is 10.3. The van der Waals surface area contributed by atoms with Crippen LogP contribution < -0.4 is 0 Å². The highest BCUT2D eigenvalue weighted by Crippen LogP contribution is 2.12. The van der Waals surface area contributed by atoms with Gasteiger partial charge in [0.2, 0.25) is 0 Å². The summed E-state index contributed by atoms with van der Waals surface area (Å²) in [6.45, 7) is 12.6. The molecule has 0 aromatic rings. The molecule has 2 aliphatic heterocycles. The second-order valence-electron chi connectivity index (χ2n) is 9.73. The molecule has 2 saturated heterocycles. The minimum atomic E-state index is -0.388. The number of aliphatic hydroxyl groups is 2. The molecule has 2 rings (SSSR count). The summed E-state index contributed by atoms with van der Waals surface area (Å²) < 4.78 is 0. The number of aliphatic hydroxyl groups excluding tert-OH is 2. The molecule has 2 heterocycles. The molecule has 0 aromatic heterocycles. The maximum Gasteiger partial charge on any atom is 0.0802 e. The van der Waals surface area contributed by atoms with Crippen LogP contribution in [0.4, 0.5) is 0 Å². The zero-order chi connectivity index (χ0) is 23.0. The normalized spacial score (nSPS) is 21.8. The van der Waals surface area contributed by atoms with E-state index in [-0.39, 0.29) is 12.2 Å². The number of piperazine rings is 2. The van der Waals surface area contributed by atoms with Gasteiger partial charge in [-0.25, -0.2) is 0 Å². The van der Waals surface area contributed by atoms with E-state index in [4.69, 9.17) is 23.2 Å². The molecule has 190 valence electrons. The first-order valence-electron chi connectivity index (χ1n) is 13.0. The summed E-state index contributed by atoms with van der Waals surface area (Å²) >= 11 is 11.4. The Hall–Kier alpha value is 0.340. The van der Waals surface area contributed by atoms with Crippen LogP contribution in [0.25, 0.3) is 0 Å². The SMILES string of the molecule is OC(CCl)CN1CCN(CCCCCCCCCCN2CCN(CC(O)CCl)CC2)CC1. The van der Waals surface area contributed by atoms with E-state index in [2.05, 4.69) is 19.6 Å². The van der Waals surface area contributed by atoms with Crippen molar-refractivity contribution in [2.45, 2.75) is 63.6 Å². The molecule has 0 saturated carbocycles. The monoisotopic (exact) mass is 494 g/mol. The first-order chi connectivity index (χ1) is 15.6. The minimum Gasteiger partial charge on any atom is -0.391 e. The summed E-state index contributed by atoms with van der Waals surface area (Å²) in [4.78, 5) is 9.81. The predicted octanol–water partition coefficient (Wildman–Crippen LogP) is 2.54. The number of β-amino-alcohol motifs (C(OH)–C–C–N with tert-alkyl or cyclic N) is 2. The number of rotatable bonds is 17. The van der Waals surface area contributed by atoms with Gasteiger partial charge < -0.3 is 20.0 Å². The van der Waals surface area contributed by atoms with Crippen molar-refractivity contribution < 1.29 is 10.2 Å². The van der Waals surface area contributed by atoms with Crippen molar-refractivity contribution in [2.24, 2.45) is 0 Å². The number of hydrogen-bond acceptors (Lipinski definition) is 6. The zero-order valence-electron chi connectivity index (χ0n) is 20.2. The topological polar surface area (TPSA) is 53.4 Å². The Labute approximate surface area is 206 Å². The Morgan fingerprint density at radius 1 is 0.469 bits per heavy atom. The van der Waals surface area contributed by atoms with Gasteiger partial charge in [-0.15, -0.1) is 23.2 Å². The van der Waals surface area contributed by atoms with Gasteiger partial charge in [-0.3, -0.25) is 9.80 Å². The molecule has 6 nitrogen and oxygen atoms in total. The van der Waals surface area contributed by atoms with Crippen molar-refractivity contribution in [2.75, 3.05) is 90.3 Å². The Morgan fingerprint density at radius 2 is 0.750 bits per heavy atom. The molecular weight excluding hydrogens is 447 g/mol. The van der Waals surface area contributed by atoms with Crippen LogP contribution in [0.3, 0.4) is 0 Å². The van der Waals surface area contributed by atoms with E-state index in [0.717, 1.165) is 52.4 Å². The molecule has 0 radical (unpaired) electrons. The van der Waals surface area contributed by atoms with Gasteiger partial charge in [-0.1, -0.05) is 38.5 Å². The summed E-state index contributed by atoms with van der Waals surface area (Å²) in [6.07, 6.45) is 10.1. The number of hydrogen-bond donors (Lipinski definition) is 2. The van der Waals surface area contributed by atoms with E-state index in [9.17, 15) is 10.2 Å². The standard InChI is InChI=1S/C24H48Cl2N4O2/c25-19-23(31)21-29-15-11-27(12-16-29)9-7-5-3-1-2-4-6-8-10-28-13-17-30(18-14-28)22-24(32)20-26/h23-24,31-32H,1-22H2. The van der Waals surface area contributed by atoms with Crippen molar-refractivity contribution in [1.82, 2.24) is 19.6 Å². The van der Waals surface area contributed by atoms with Gasteiger partial charge in [0.1, 0.15) is 0 Å². The Bertz CT molecular complexity index is 408. The van der Waals surface area contributed by atoms with Crippen molar-refractivity contribution in [1.29, 1.82) is 0 Å². The smallest absolute Gasteiger partial charge is 0.0802 e. The van der Waals surface area contributed by atoms with Crippen LogP contribution >= 0.6 is 23.2 Å². The molecule has 2 fully saturated rings. The molecule has 2 N–H and O–H groups in total. The van der Waals surface area contributed by atoms with Gasteiger partial charge in [0, 0.05) is 77.2 Å². The molecule has 0 aliphatic carbocycles. The lowest BCUT2D eigenvalue weighted by molar-refractivity contribution is 0.0812. The molecule has 2 unspecified atom stereocenters. The van der Waals surface area contributed by atoms with E-state index in [1.807, 2.05) is 0 Å². The van der Waals surface area contributed by atoms with Gasteiger partial charge in [0.05, 0.1) is 12.2 Å². The van der Waals surface area contributed by atoms with Gasteiger partial charge in [-0.2, -0.15) is 0 Å². The number of halogens is 2. The fourth-order valence-electron chi connectivity index (χ4n) is 4.82. The minimum absolute atomic E-state index is 0.333. The van der Waals surface area contributed by atoms with E-state index in [1.165, 1.54) is 64.5 Å². The highest BCUT2D eigenvalue weighted by atomic mass is 35.5. The molecular formula is C24H48Cl2N4O2. The first kappa shape index (κ1) is 28.6. The molecule has 32 heavy (non-hydrogen) atoms. The summed E-state index contributed by atoms with van der Waals surface area (Å²) in [7, 11) is 0. The Morgan fingerprint density at radius 3 is 1.06 bits per heavy atom. The summed E-state index contributed by atoms with van der Waals surface area (Å²) in [5.74, 6) is 0.666. The average Bonchev–Trinajstić information content (AvgIpc) is 2.82. The van der Waals surface area contributed by atoms with Gasteiger partial charge in [0.15, 0.2) is 0 Å². The van der Waals surface area contributed by atoms with Crippen LogP contribution in [0.5, 0.6) is 0 Å². The average molecular weight is 496 g/mol. The van der Waals surface area contributed by atoms with Crippen LogP contribution in [0.15, 0.2) is 0 Å². The molecule has 0 amide bonds. The van der Waals surface area contributed by atoms with Crippen LogP contribution in [-0.2, 0) is 0 Å². The number of nitrogens with zero attached hydrogens (tertiary/aromatic N) is 4. The van der Waals surface area contributed by atoms with E-state index >= 15 is 0 Å². The van der Waals surface area contributed by atoms with Crippen LogP contribution in [-0.4, -0.2) is 132 Å². The van der Waals surface area contributed by atoms with Crippen molar-refractivity contribution in [3.8, 4) is 0 Å². The largest absolute Gasteiger partial charge is 0.391 e. The lowest BCUT2D eigenvalue weighted by Crippen LogP contribution is -2.48. The Balaban J connectivity index is 1.33. The summed E-state index contributed by atoms with van der Waals surface area (Å²) in [5.41, 5.74) is 0. The van der Waals surface area contributed by atoms with Gasteiger partial charge in [0.25, 0.3) is 0 Å². The van der Waals surface area contributed by atoms with Gasteiger partial charge >= 0.3 is 0 Å². The first-order valence-corrected chi connectivity index (χ1v) is 14.0. The maximum atomic E-state index is 9.67. The van der Waals surface area contributed by atoms with E-state index < -0.39 is 0 Å². The zero-order valence-corrected chi connectivity index (χ0v) is 21.7. The predicted molar refractivity (Wildman–Crippen MR) is 136 cm³/mol. The van der Waals surface area contributed by atoms with Crippen LogP contribution in [0.2, 0.25) is 0 Å². The number of alkyl halides is 2.